The fourth-order valence-corrected chi connectivity index (χ4v) is 16.6. The topological polar surface area (TPSA) is 73.8 Å². The van der Waals surface area contributed by atoms with E-state index in [1.54, 1.807) is 14.2 Å². The number of hydrogen-bond donors (Lipinski definition) is 0. The normalized spacial score (nSPS) is 13.4. The highest BCUT2D eigenvalue weighted by Crippen LogP contribution is 2.61. The molecule has 0 spiro atoms. The van der Waals surface area contributed by atoms with Crippen molar-refractivity contribution in [2.45, 2.75) is 106 Å². The molecule has 96 heavy (non-hydrogen) atoms. The van der Waals surface area contributed by atoms with Crippen molar-refractivity contribution < 1.29 is 37.9 Å². The molecule has 0 saturated carbocycles. The highest BCUT2D eigenvalue weighted by molar-refractivity contribution is 6.61. The maximum atomic E-state index is 6.29. The molecule has 0 amide bonds. The number of hydrogen-bond acceptors (Lipinski definition) is 8. The monoisotopic (exact) mass is 1280 g/mol. The van der Waals surface area contributed by atoms with Gasteiger partial charge in [-0.25, -0.2) is 0 Å². The van der Waals surface area contributed by atoms with Gasteiger partial charge in [0.05, 0.1) is 66.1 Å². The van der Waals surface area contributed by atoms with Gasteiger partial charge in [-0.2, -0.15) is 0 Å². The lowest BCUT2D eigenvalue weighted by Gasteiger charge is -2.30. The van der Waals surface area contributed by atoms with Crippen molar-refractivity contribution in [2.75, 3.05) is 93.5 Å². The lowest BCUT2D eigenvalue weighted by molar-refractivity contribution is 0.0180. The van der Waals surface area contributed by atoms with Crippen LogP contribution in [0.3, 0.4) is 0 Å². The van der Waals surface area contributed by atoms with Gasteiger partial charge in [0, 0.05) is 14.2 Å². The van der Waals surface area contributed by atoms with Crippen molar-refractivity contribution in [1.82, 2.24) is 0 Å². The van der Waals surface area contributed by atoms with Crippen LogP contribution in [0.4, 0.5) is 0 Å². The molecule has 0 aromatic heterocycles. The first-order valence-electron chi connectivity index (χ1n) is 36.1. The summed E-state index contributed by atoms with van der Waals surface area (Å²) in [6.45, 7) is 20.7. The number of methoxy groups -OCH3 is 2. The molecule has 0 aliphatic carbocycles. The molecule has 0 fully saturated rings. The van der Waals surface area contributed by atoms with Gasteiger partial charge < -0.3 is 37.9 Å². The number of rotatable bonds is 36. The Hall–Kier alpha value is -7.66. The summed E-state index contributed by atoms with van der Waals surface area (Å²) < 4.78 is 45.7. The quantitative estimate of drug-likeness (QED) is 0.0218. The largest absolute Gasteiger partial charge is 0.491 e. The highest BCUT2D eigenvalue weighted by Gasteiger charge is 2.33. The van der Waals surface area contributed by atoms with E-state index < -0.39 is 0 Å². The van der Waals surface area contributed by atoms with Crippen LogP contribution in [-0.2, 0) is 41.3 Å². The summed E-state index contributed by atoms with van der Waals surface area (Å²) in [4.78, 5) is 0. The van der Waals surface area contributed by atoms with Gasteiger partial charge in [-0.05, 0) is 261 Å². The van der Waals surface area contributed by atoms with E-state index in [0.29, 0.717) is 91.1 Å². The van der Waals surface area contributed by atoms with E-state index in [-0.39, 0.29) is 0 Å². The molecule has 0 heterocycles. The maximum Gasteiger partial charge on any atom is 0.119 e. The van der Waals surface area contributed by atoms with Crippen LogP contribution in [-0.4, -0.2) is 93.5 Å². The molecule has 15 aromatic rings. The SMILES string of the molecule is COCCOCCOCCOc1ccc(-c2cc3c4cccc5c6cc(CC[C@H](C)CCCC(C)C)cc7c8cc(CC[C@H](C)CCCC(C)C)cc9c%10cccc%11c%12cc(-c%13ccc(OCCOCCOCCOC)cc%13)cc%13c(c2)c3c2c(c54)c(c67)c(c98)c(c%10%11)c2c%12%13)cc1. The Morgan fingerprint density at radius 3 is 0.865 bits per heavy atom. The second-order valence-electron chi connectivity index (χ2n) is 28.8. The Balaban J connectivity index is 0.947. The average Bonchev–Trinajstić information content (AvgIpc) is 0.644. The molecule has 0 unspecified atom stereocenters. The summed E-state index contributed by atoms with van der Waals surface area (Å²) >= 11 is 0. The maximum absolute atomic E-state index is 6.29. The van der Waals surface area contributed by atoms with Crippen molar-refractivity contribution in [3.63, 3.8) is 0 Å². The van der Waals surface area contributed by atoms with E-state index in [1.807, 2.05) is 0 Å². The van der Waals surface area contributed by atoms with E-state index >= 15 is 0 Å². The summed E-state index contributed by atoms with van der Waals surface area (Å²) in [6, 6.07) is 52.6. The Morgan fingerprint density at radius 1 is 0.260 bits per heavy atom. The molecule has 8 nitrogen and oxygen atoms in total. The van der Waals surface area contributed by atoms with Crippen LogP contribution in [0.1, 0.15) is 104 Å². The van der Waals surface area contributed by atoms with Crippen LogP contribution in [0.5, 0.6) is 11.5 Å². The van der Waals surface area contributed by atoms with E-state index in [0.717, 1.165) is 47.3 Å². The summed E-state index contributed by atoms with van der Waals surface area (Å²) in [5, 5.41) is 33.1. The molecular formula is C88H94O8. The van der Waals surface area contributed by atoms with Gasteiger partial charge in [0.15, 0.2) is 0 Å². The number of aryl methyl sites for hydroxylation is 2. The van der Waals surface area contributed by atoms with Crippen LogP contribution in [0, 0.1) is 23.7 Å². The molecule has 0 bridgehead atoms. The van der Waals surface area contributed by atoms with Crippen LogP contribution >= 0.6 is 0 Å². The minimum atomic E-state index is 0.450. The standard InChI is InChI=1S/C88H94O8/c1-53(2)13-9-15-55(5)21-23-57-45-69-65-17-11-19-67-73-49-61(59-25-29-63(30-26-59)95-43-41-93-39-37-91-35-33-89-7)51-75-76-52-62(60-27-31-64(32-28-60)96-44-42-94-40-38-92-36-34-90-8)50-74-68-20-12-18-66-70-46-58(24-22-56(6)16-10-14-54(3)4)48-72-71(47-57)79(69)85-83(77(65)67)87(81(73)75)88(82(74)76)84(78(66)68)86(85)80(70)72/h11-12,17-20,25-32,45-56H,9-10,13-16,21-24,33-44H2,1-8H3/t55-,56-/m1/s1. The van der Waals surface area contributed by atoms with Crippen LogP contribution in [0.2, 0.25) is 0 Å². The zero-order valence-electron chi connectivity index (χ0n) is 57.8. The van der Waals surface area contributed by atoms with Crippen molar-refractivity contribution >= 4 is 129 Å². The molecule has 0 saturated heterocycles. The van der Waals surface area contributed by atoms with E-state index in [9.17, 15) is 0 Å². The van der Waals surface area contributed by atoms with Crippen molar-refractivity contribution in [3.05, 3.63) is 145 Å². The molecule has 0 radical (unpaired) electrons. The third-order valence-corrected chi connectivity index (χ3v) is 21.3. The number of ether oxygens (including phenoxy) is 8. The lowest BCUT2D eigenvalue weighted by Crippen LogP contribution is -2.12. The molecule has 0 N–H and O–H groups in total. The second-order valence-corrected chi connectivity index (χ2v) is 28.8. The Bertz CT molecular complexity index is 4770. The van der Waals surface area contributed by atoms with Gasteiger partial charge in [0.1, 0.15) is 24.7 Å². The predicted molar refractivity (Wildman–Crippen MR) is 405 cm³/mol. The molecule has 15 rings (SSSR count). The Kier molecular flexibility index (Phi) is 18.8. The first-order valence-corrected chi connectivity index (χ1v) is 36.1. The van der Waals surface area contributed by atoms with Crippen LogP contribution < -0.4 is 9.47 Å². The third kappa shape index (κ3) is 12.1. The first kappa shape index (κ1) is 64.3. The molecule has 0 aliphatic rings. The summed E-state index contributed by atoms with van der Waals surface area (Å²) in [5.74, 6) is 4.43. The molecule has 15 aromatic carbocycles. The average molecular weight is 1280 g/mol. The lowest BCUT2D eigenvalue weighted by atomic mass is 9.72. The van der Waals surface area contributed by atoms with Crippen LogP contribution in [0.15, 0.2) is 133 Å². The fraction of sp³-hybridized carbons (Fsp3) is 0.386. The van der Waals surface area contributed by atoms with Crippen molar-refractivity contribution in [3.8, 4) is 33.8 Å². The zero-order chi connectivity index (χ0) is 65.6. The molecule has 494 valence electrons. The minimum Gasteiger partial charge on any atom is -0.491 e. The van der Waals surface area contributed by atoms with Gasteiger partial charge in [0.2, 0.25) is 0 Å². The molecular weight excluding hydrogens is 1180 g/mol. The van der Waals surface area contributed by atoms with Gasteiger partial charge in [-0.3, -0.25) is 0 Å². The van der Waals surface area contributed by atoms with E-state index in [2.05, 4.69) is 175 Å². The van der Waals surface area contributed by atoms with E-state index in [4.69, 9.17) is 37.9 Å². The van der Waals surface area contributed by atoms with Gasteiger partial charge in [0.25, 0.3) is 0 Å². The minimum absolute atomic E-state index is 0.450. The summed E-state index contributed by atoms with van der Waals surface area (Å²) in [5.41, 5.74) is 7.57. The van der Waals surface area contributed by atoms with Gasteiger partial charge >= 0.3 is 0 Å². The second kappa shape index (κ2) is 28.1. The third-order valence-electron chi connectivity index (χ3n) is 21.3. The first-order chi connectivity index (χ1) is 47.1. The van der Waals surface area contributed by atoms with Crippen LogP contribution in [0.25, 0.3) is 152 Å². The zero-order valence-corrected chi connectivity index (χ0v) is 57.8. The summed E-state index contributed by atoms with van der Waals surface area (Å²) in [6.07, 6.45) is 12.2. The van der Waals surface area contributed by atoms with Crippen molar-refractivity contribution in [2.24, 2.45) is 23.7 Å². The van der Waals surface area contributed by atoms with Gasteiger partial charge in [-0.15, -0.1) is 0 Å². The Morgan fingerprint density at radius 2 is 0.542 bits per heavy atom. The number of fused-ring (bicyclic) bond motifs is 6. The highest BCUT2D eigenvalue weighted by atomic mass is 16.6. The fourth-order valence-electron chi connectivity index (χ4n) is 16.6. The van der Waals surface area contributed by atoms with E-state index in [1.165, 1.54) is 203 Å². The molecule has 8 heteroatoms. The molecule has 0 aliphatic heterocycles. The van der Waals surface area contributed by atoms with Gasteiger partial charge in [-0.1, -0.05) is 165 Å². The molecule has 2 atom stereocenters. The smallest absolute Gasteiger partial charge is 0.119 e. The number of benzene rings is 15. The predicted octanol–water partition coefficient (Wildman–Crippen LogP) is 22.4. The Labute approximate surface area is 565 Å². The van der Waals surface area contributed by atoms with Crippen molar-refractivity contribution in [1.29, 1.82) is 0 Å². The summed E-state index contributed by atoms with van der Waals surface area (Å²) in [7, 11) is 3.37.